The topological polar surface area (TPSA) is 60.2 Å². The Kier molecular flexibility index (Phi) is 3.61. The third kappa shape index (κ3) is 2.45. The second kappa shape index (κ2) is 6.00. The van der Waals surface area contributed by atoms with Gasteiger partial charge in [0.1, 0.15) is 5.82 Å². The zero-order valence-corrected chi connectivity index (χ0v) is 14.5. The van der Waals surface area contributed by atoms with Crippen LogP contribution in [0.5, 0.6) is 0 Å². The van der Waals surface area contributed by atoms with Crippen molar-refractivity contribution in [1.29, 1.82) is 0 Å². The van der Waals surface area contributed by atoms with Gasteiger partial charge in [0, 0.05) is 0 Å². The van der Waals surface area contributed by atoms with Gasteiger partial charge in [-0.25, -0.2) is 14.1 Å². The van der Waals surface area contributed by atoms with E-state index in [1.54, 1.807) is 16.8 Å². The molecular weight excluding hydrogens is 355 g/mol. The van der Waals surface area contributed by atoms with Crippen LogP contribution in [0.3, 0.4) is 0 Å². The molecule has 0 radical (unpaired) electrons. The first-order valence-corrected chi connectivity index (χ1v) is 9.26. The molecule has 132 valence electrons. The number of benzene rings is 1. The van der Waals surface area contributed by atoms with E-state index in [0.717, 1.165) is 11.3 Å². The Morgan fingerprint density at radius 2 is 1.96 bits per heavy atom. The minimum atomic E-state index is -0.323. The van der Waals surface area contributed by atoms with E-state index in [4.69, 9.17) is 4.74 Å². The number of carbonyl (C=O) groups excluding carboxylic acids is 1. The van der Waals surface area contributed by atoms with E-state index in [0.29, 0.717) is 24.7 Å². The fraction of sp³-hybridized carbons (Fsp3) is 0.278. The van der Waals surface area contributed by atoms with Gasteiger partial charge in [-0.15, -0.1) is 16.4 Å². The maximum atomic E-state index is 13.3. The number of morpholine rings is 1. The number of hydrogen-bond acceptors (Lipinski definition) is 5. The van der Waals surface area contributed by atoms with Crippen LogP contribution < -0.4 is 0 Å². The maximum absolute atomic E-state index is 13.3. The van der Waals surface area contributed by atoms with E-state index in [9.17, 15) is 9.18 Å². The number of amides is 1. The van der Waals surface area contributed by atoms with Crippen LogP contribution in [0.2, 0.25) is 0 Å². The van der Waals surface area contributed by atoms with Crippen molar-refractivity contribution in [2.75, 3.05) is 13.2 Å². The second-order valence-corrected chi connectivity index (χ2v) is 7.37. The highest BCUT2D eigenvalue weighted by Crippen LogP contribution is 2.33. The van der Waals surface area contributed by atoms with Gasteiger partial charge in [0.25, 0.3) is 5.91 Å². The van der Waals surface area contributed by atoms with E-state index >= 15 is 0 Å². The summed E-state index contributed by atoms with van der Waals surface area (Å²) in [5, 5.41) is 6.40. The van der Waals surface area contributed by atoms with Crippen molar-refractivity contribution in [3.8, 4) is 16.4 Å². The molecule has 0 spiro atoms. The molecular formula is C18H15FN4O2S. The van der Waals surface area contributed by atoms with Gasteiger partial charge in [0.2, 0.25) is 5.82 Å². The van der Waals surface area contributed by atoms with Crippen LogP contribution in [-0.2, 0) is 4.74 Å². The summed E-state index contributed by atoms with van der Waals surface area (Å²) < 4.78 is 20.3. The average Bonchev–Trinajstić information content (AvgIpc) is 3.32. The van der Waals surface area contributed by atoms with Gasteiger partial charge in [-0.3, -0.25) is 4.79 Å². The Morgan fingerprint density at radius 1 is 1.19 bits per heavy atom. The number of thiophene rings is 1. The number of nitrogens with zero attached hydrogens (tertiary/aromatic N) is 4. The number of halogens is 1. The molecule has 6 nitrogen and oxygen atoms in total. The molecule has 3 aromatic rings. The molecule has 0 N–H and O–H groups in total. The van der Waals surface area contributed by atoms with Crippen molar-refractivity contribution >= 4 is 17.2 Å². The Hall–Kier alpha value is -2.58. The fourth-order valence-corrected chi connectivity index (χ4v) is 4.21. The summed E-state index contributed by atoms with van der Waals surface area (Å²) in [6.45, 7) is 1.14. The minimum absolute atomic E-state index is 0.115. The summed E-state index contributed by atoms with van der Waals surface area (Å²) in [6, 6.07) is 10.1. The number of fused-ring (bicyclic) bond motifs is 2. The predicted octanol–water partition coefficient (Wildman–Crippen LogP) is 2.75. The van der Waals surface area contributed by atoms with Gasteiger partial charge in [0.05, 0.1) is 35.9 Å². The SMILES string of the molecule is O=C(c1nc(-c2cccs2)n(-c2ccc(F)cc2)n1)N1C2COCC1C2. The molecule has 2 aliphatic heterocycles. The van der Waals surface area contributed by atoms with Crippen molar-refractivity contribution in [3.05, 3.63) is 53.4 Å². The average molecular weight is 370 g/mol. The molecule has 1 aromatic carbocycles. The number of hydrogen-bond donors (Lipinski definition) is 0. The predicted molar refractivity (Wildman–Crippen MR) is 93.8 cm³/mol. The third-order valence-electron chi connectivity index (χ3n) is 4.80. The lowest BCUT2D eigenvalue weighted by atomic mass is 9.91. The van der Waals surface area contributed by atoms with Crippen LogP contribution in [-0.4, -0.2) is 50.9 Å². The van der Waals surface area contributed by atoms with E-state index in [-0.39, 0.29) is 29.6 Å². The number of ether oxygens (including phenoxy) is 1. The van der Waals surface area contributed by atoms with Gasteiger partial charge in [-0.1, -0.05) is 6.07 Å². The summed E-state index contributed by atoms with van der Waals surface area (Å²) in [5.74, 6) is 0.246. The molecule has 2 aromatic heterocycles. The summed E-state index contributed by atoms with van der Waals surface area (Å²) in [7, 11) is 0. The molecule has 0 saturated carbocycles. The largest absolute Gasteiger partial charge is 0.377 e. The van der Waals surface area contributed by atoms with Gasteiger partial charge in [-0.2, -0.15) is 0 Å². The Morgan fingerprint density at radius 3 is 2.62 bits per heavy atom. The molecule has 2 aliphatic rings. The zero-order valence-electron chi connectivity index (χ0n) is 13.7. The van der Waals surface area contributed by atoms with Gasteiger partial charge < -0.3 is 9.64 Å². The van der Waals surface area contributed by atoms with Crippen LogP contribution in [0.25, 0.3) is 16.4 Å². The number of rotatable bonds is 3. The quantitative estimate of drug-likeness (QED) is 0.711. The lowest BCUT2D eigenvalue weighted by molar-refractivity contribution is -0.104. The minimum Gasteiger partial charge on any atom is -0.377 e. The normalized spacial score (nSPS) is 21.5. The van der Waals surface area contributed by atoms with Crippen LogP contribution in [0.15, 0.2) is 41.8 Å². The highest BCUT2D eigenvalue weighted by atomic mass is 32.1. The molecule has 2 saturated heterocycles. The van der Waals surface area contributed by atoms with Crippen molar-refractivity contribution in [2.45, 2.75) is 18.5 Å². The maximum Gasteiger partial charge on any atom is 0.294 e. The Labute approximate surface area is 152 Å². The van der Waals surface area contributed by atoms with Crippen molar-refractivity contribution in [2.24, 2.45) is 0 Å². The van der Waals surface area contributed by atoms with Gasteiger partial charge in [-0.05, 0) is 42.1 Å². The van der Waals surface area contributed by atoms with Crippen LogP contribution in [0, 0.1) is 5.82 Å². The smallest absolute Gasteiger partial charge is 0.294 e. The summed E-state index contributed by atoms with van der Waals surface area (Å²) in [6.07, 6.45) is 0.974. The Balaban J connectivity index is 1.56. The molecule has 5 rings (SSSR count). The highest BCUT2D eigenvalue weighted by molar-refractivity contribution is 7.13. The van der Waals surface area contributed by atoms with Crippen molar-refractivity contribution in [1.82, 2.24) is 19.7 Å². The summed E-state index contributed by atoms with van der Waals surface area (Å²) in [5.41, 5.74) is 0.661. The second-order valence-electron chi connectivity index (χ2n) is 6.42. The van der Waals surface area contributed by atoms with Gasteiger partial charge in [0.15, 0.2) is 5.82 Å². The monoisotopic (exact) mass is 370 g/mol. The molecule has 26 heavy (non-hydrogen) atoms. The molecule has 2 bridgehead atoms. The van der Waals surface area contributed by atoms with Crippen LogP contribution in [0.4, 0.5) is 4.39 Å². The molecule has 1 amide bonds. The fourth-order valence-electron chi connectivity index (χ4n) is 3.52. The molecule has 0 aliphatic carbocycles. The molecule has 2 atom stereocenters. The third-order valence-corrected chi connectivity index (χ3v) is 5.66. The standard InChI is InChI=1S/C18H15FN4O2S/c19-11-3-5-12(6-4-11)23-17(15-2-1-7-26-15)20-16(21-23)18(24)22-13-8-14(22)10-25-9-13/h1-7,13-14H,8-10H2. The van der Waals surface area contributed by atoms with Crippen LogP contribution >= 0.6 is 11.3 Å². The van der Waals surface area contributed by atoms with E-state index < -0.39 is 0 Å². The number of aromatic nitrogens is 3. The summed E-state index contributed by atoms with van der Waals surface area (Å²) >= 11 is 1.52. The van der Waals surface area contributed by atoms with E-state index in [1.807, 2.05) is 22.4 Å². The van der Waals surface area contributed by atoms with Crippen molar-refractivity contribution < 1.29 is 13.9 Å². The van der Waals surface area contributed by atoms with Gasteiger partial charge >= 0.3 is 0 Å². The highest BCUT2D eigenvalue weighted by Gasteiger charge is 2.46. The Bertz CT molecular complexity index is 940. The first kappa shape index (κ1) is 15.7. The first-order valence-electron chi connectivity index (χ1n) is 8.38. The van der Waals surface area contributed by atoms with E-state index in [2.05, 4.69) is 10.1 Å². The molecule has 8 heteroatoms. The molecule has 2 fully saturated rings. The zero-order chi connectivity index (χ0) is 17.7. The first-order chi connectivity index (χ1) is 12.7. The lowest BCUT2D eigenvalue weighted by Crippen LogP contribution is -2.65. The number of carbonyl (C=O) groups is 1. The van der Waals surface area contributed by atoms with Crippen LogP contribution in [0.1, 0.15) is 17.0 Å². The lowest BCUT2D eigenvalue weighted by Gasteiger charge is -2.51. The van der Waals surface area contributed by atoms with Crippen molar-refractivity contribution in [3.63, 3.8) is 0 Å². The summed E-state index contributed by atoms with van der Waals surface area (Å²) in [4.78, 5) is 20.2. The molecule has 2 unspecified atom stereocenters. The van der Waals surface area contributed by atoms with E-state index in [1.165, 1.54) is 23.5 Å². The molecule has 4 heterocycles.